The van der Waals surface area contributed by atoms with Crippen LogP contribution in [0.15, 0.2) is 57.9 Å². The number of hydrogen-bond donors (Lipinski definition) is 1. The number of aldehydes is 1. The van der Waals surface area contributed by atoms with Gasteiger partial charge >= 0.3 is 0 Å². The quantitative estimate of drug-likeness (QED) is 0.185. The lowest BCUT2D eigenvalue weighted by molar-refractivity contribution is -0.103. The van der Waals surface area contributed by atoms with Crippen LogP contribution in [-0.2, 0) is 4.79 Å². The summed E-state index contributed by atoms with van der Waals surface area (Å²) in [6.45, 7) is 3.97. The molecule has 1 saturated heterocycles. The Balaban J connectivity index is 0.000000867. The van der Waals surface area contributed by atoms with Crippen molar-refractivity contribution in [2.75, 3.05) is 64.2 Å². The SMILES string of the molecule is C#CC=O.COc1cccc(OC)c1SNc1noc2cc(-c3cccc(N4CCN(C)CC4)n3)cc(OC)c12. The molecule has 1 aliphatic rings. The zero-order valence-corrected chi connectivity index (χ0v) is 23.7. The molecule has 2 aromatic carbocycles. The Kier molecular flexibility index (Phi) is 9.72. The lowest BCUT2D eigenvalue weighted by Crippen LogP contribution is -2.44. The maximum atomic E-state index is 8.94. The number of anilines is 2. The molecule has 0 unspecified atom stereocenters. The molecule has 1 N–H and O–H groups in total. The molecule has 40 heavy (non-hydrogen) atoms. The molecular formula is C29H31N5O5S. The van der Waals surface area contributed by atoms with Gasteiger partial charge in [-0.3, -0.25) is 4.79 Å². The van der Waals surface area contributed by atoms with Crippen LogP contribution < -0.4 is 23.8 Å². The summed E-state index contributed by atoms with van der Waals surface area (Å²) in [5.41, 5.74) is 2.36. The highest BCUT2D eigenvalue weighted by atomic mass is 32.2. The number of fused-ring (bicyclic) bond motifs is 1. The number of carbonyl (C=O) groups excluding carboxylic acids is 1. The van der Waals surface area contributed by atoms with E-state index in [2.05, 4.69) is 39.2 Å². The number of pyridine rings is 1. The van der Waals surface area contributed by atoms with E-state index >= 15 is 0 Å². The number of hydrogen-bond acceptors (Lipinski definition) is 11. The van der Waals surface area contributed by atoms with Crippen LogP contribution in [0, 0.1) is 12.3 Å². The van der Waals surface area contributed by atoms with Crippen LogP contribution >= 0.6 is 11.9 Å². The average molecular weight is 562 g/mol. The highest BCUT2D eigenvalue weighted by Crippen LogP contribution is 2.41. The molecule has 11 heteroatoms. The number of benzene rings is 2. The van der Waals surface area contributed by atoms with E-state index in [1.807, 2.05) is 42.5 Å². The Bertz CT molecular complexity index is 1470. The number of rotatable bonds is 8. The fourth-order valence-electron chi connectivity index (χ4n) is 4.23. The van der Waals surface area contributed by atoms with E-state index in [0.29, 0.717) is 34.9 Å². The summed E-state index contributed by atoms with van der Waals surface area (Å²) in [5.74, 6) is 5.30. The molecule has 2 aromatic heterocycles. The molecule has 0 saturated carbocycles. The molecule has 1 aliphatic heterocycles. The van der Waals surface area contributed by atoms with E-state index in [1.165, 1.54) is 11.9 Å². The smallest absolute Gasteiger partial charge is 0.192 e. The zero-order chi connectivity index (χ0) is 28.5. The number of nitrogens with zero attached hydrogens (tertiary/aromatic N) is 4. The maximum Gasteiger partial charge on any atom is 0.192 e. The second-order valence-corrected chi connectivity index (χ2v) is 9.55. The van der Waals surface area contributed by atoms with Crippen LogP contribution in [0.4, 0.5) is 11.6 Å². The molecule has 0 radical (unpaired) electrons. The van der Waals surface area contributed by atoms with Gasteiger partial charge in [0.25, 0.3) is 0 Å². The van der Waals surface area contributed by atoms with Gasteiger partial charge < -0.3 is 33.3 Å². The van der Waals surface area contributed by atoms with E-state index in [4.69, 9.17) is 28.5 Å². The number of carbonyl (C=O) groups is 1. The van der Waals surface area contributed by atoms with Crippen molar-refractivity contribution in [2.24, 2.45) is 0 Å². The molecule has 0 amide bonds. The summed E-state index contributed by atoms with van der Waals surface area (Å²) in [7, 11) is 7.04. The van der Waals surface area contributed by atoms with Crippen LogP contribution in [0.25, 0.3) is 22.2 Å². The highest BCUT2D eigenvalue weighted by molar-refractivity contribution is 8.00. The van der Waals surface area contributed by atoms with Gasteiger partial charge in [-0.05, 0) is 61.3 Å². The number of methoxy groups -OCH3 is 3. The normalized spacial score (nSPS) is 13.1. The van der Waals surface area contributed by atoms with Crippen molar-refractivity contribution >= 4 is 40.8 Å². The van der Waals surface area contributed by atoms with Crippen LogP contribution in [0.2, 0.25) is 0 Å². The number of ether oxygens (including phenoxy) is 3. The molecule has 0 atom stereocenters. The number of nitrogens with one attached hydrogen (secondary N) is 1. The zero-order valence-electron chi connectivity index (χ0n) is 22.8. The van der Waals surface area contributed by atoms with Crippen molar-refractivity contribution in [1.29, 1.82) is 0 Å². The lowest BCUT2D eigenvalue weighted by atomic mass is 10.1. The summed E-state index contributed by atoms with van der Waals surface area (Å²) in [6.07, 6.45) is 4.81. The molecule has 5 rings (SSSR count). The molecule has 0 bridgehead atoms. The van der Waals surface area contributed by atoms with Crippen molar-refractivity contribution in [3.8, 4) is 40.8 Å². The molecule has 1 fully saturated rings. The lowest BCUT2D eigenvalue weighted by Gasteiger charge is -2.33. The minimum absolute atomic E-state index is 0.403. The Morgan fingerprint density at radius 3 is 2.27 bits per heavy atom. The van der Waals surface area contributed by atoms with Crippen molar-refractivity contribution in [3.63, 3.8) is 0 Å². The molecule has 0 spiro atoms. The first-order valence-corrected chi connectivity index (χ1v) is 13.3. The van der Waals surface area contributed by atoms with Crippen molar-refractivity contribution < 1.29 is 23.5 Å². The predicted octanol–water partition coefficient (Wildman–Crippen LogP) is 4.61. The van der Waals surface area contributed by atoms with Gasteiger partial charge in [0.05, 0.1) is 27.0 Å². The third-order valence-corrected chi connectivity index (χ3v) is 7.22. The number of aromatic nitrogens is 2. The maximum absolute atomic E-state index is 8.94. The molecule has 10 nitrogen and oxygen atoms in total. The summed E-state index contributed by atoms with van der Waals surface area (Å²) in [4.78, 5) is 19.3. The molecular weight excluding hydrogens is 530 g/mol. The second-order valence-electron chi connectivity index (χ2n) is 8.73. The Hall–Kier alpha value is -4.40. The van der Waals surface area contributed by atoms with Crippen molar-refractivity contribution in [3.05, 3.63) is 48.5 Å². The summed E-state index contributed by atoms with van der Waals surface area (Å²) >= 11 is 1.33. The largest absolute Gasteiger partial charge is 0.496 e. The molecule has 3 heterocycles. The first-order valence-electron chi connectivity index (χ1n) is 12.4. The molecule has 208 valence electrons. The van der Waals surface area contributed by atoms with E-state index < -0.39 is 0 Å². The fourth-order valence-corrected chi connectivity index (χ4v) is 5.07. The fraction of sp³-hybridized carbons (Fsp3) is 0.276. The topological polar surface area (TPSA) is 102 Å². The monoisotopic (exact) mass is 561 g/mol. The number of terminal acetylenes is 1. The Morgan fingerprint density at radius 1 is 1.00 bits per heavy atom. The molecule has 0 aliphatic carbocycles. The number of piperazine rings is 1. The average Bonchev–Trinajstić information content (AvgIpc) is 3.42. The van der Waals surface area contributed by atoms with E-state index in [1.54, 1.807) is 27.2 Å². The third kappa shape index (κ3) is 6.42. The van der Waals surface area contributed by atoms with Gasteiger partial charge in [-0.25, -0.2) is 4.98 Å². The van der Waals surface area contributed by atoms with Gasteiger partial charge in [-0.2, -0.15) is 0 Å². The first-order chi connectivity index (χ1) is 19.5. The van der Waals surface area contributed by atoms with Crippen LogP contribution in [0.1, 0.15) is 0 Å². The van der Waals surface area contributed by atoms with Gasteiger partial charge in [-0.1, -0.05) is 17.3 Å². The molecule has 4 aromatic rings. The predicted molar refractivity (Wildman–Crippen MR) is 157 cm³/mol. The van der Waals surface area contributed by atoms with Crippen LogP contribution in [0.3, 0.4) is 0 Å². The third-order valence-electron chi connectivity index (χ3n) is 6.32. The summed E-state index contributed by atoms with van der Waals surface area (Å²) < 4.78 is 25.7. The minimum atomic E-state index is 0.403. The first kappa shape index (κ1) is 28.6. The van der Waals surface area contributed by atoms with E-state index in [-0.39, 0.29) is 0 Å². The summed E-state index contributed by atoms with van der Waals surface area (Å²) in [6, 6.07) is 15.6. The van der Waals surface area contributed by atoms with Gasteiger partial charge in [0.1, 0.15) is 33.3 Å². The number of likely N-dealkylation sites (N-methyl/N-ethyl adjacent to an activating group) is 1. The standard InChI is InChI=1S/C26H29N5O4S.C3H2O/c1-30-11-13-31(14-12-30)23-10-5-7-18(27-23)17-15-21(34-4)24-22(16-17)35-28-26(24)29-36-25-19(32-2)8-6-9-20(25)33-3;1-2-3-4/h5-10,15-16H,11-14H2,1-4H3,(H,28,29);1,3H. The van der Waals surface area contributed by atoms with Gasteiger partial charge in [-0.15, -0.1) is 6.42 Å². The Labute approximate surface area is 237 Å². The highest BCUT2D eigenvalue weighted by Gasteiger charge is 2.20. The Morgan fingerprint density at radius 2 is 1.65 bits per heavy atom. The van der Waals surface area contributed by atoms with Gasteiger partial charge in [0.2, 0.25) is 0 Å². The second kappa shape index (κ2) is 13.6. The van der Waals surface area contributed by atoms with Gasteiger partial charge in [0, 0.05) is 31.7 Å². The van der Waals surface area contributed by atoms with E-state index in [9.17, 15) is 0 Å². The summed E-state index contributed by atoms with van der Waals surface area (Å²) in [5, 5.41) is 5.01. The van der Waals surface area contributed by atoms with E-state index in [0.717, 1.165) is 53.5 Å². The van der Waals surface area contributed by atoms with Crippen LogP contribution in [-0.4, -0.2) is 75.9 Å². The van der Waals surface area contributed by atoms with Crippen molar-refractivity contribution in [1.82, 2.24) is 15.0 Å². The minimum Gasteiger partial charge on any atom is -0.496 e. The van der Waals surface area contributed by atoms with Crippen molar-refractivity contribution in [2.45, 2.75) is 4.90 Å². The van der Waals surface area contributed by atoms with Gasteiger partial charge in [0.15, 0.2) is 17.7 Å². The van der Waals surface area contributed by atoms with Crippen LogP contribution in [0.5, 0.6) is 17.2 Å².